The van der Waals surface area contributed by atoms with Gasteiger partial charge < -0.3 is 4.90 Å². The number of carbonyl (C=O) groups is 3. The molecule has 0 bridgehead atoms. The molecule has 1 saturated carbocycles. The van der Waals surface area contributed by atoms with Crippen LogP contribution in [0.2, 0.25) is 0 Å². The number of carbonyl (C=O) groups excluding carboxylic acids is 3. The van der Waals surface area contributed by atoms with Crippen LogP contribution in [0.25, 0.3) is 0 Å². The Morgan fingerprint density at radius 2 is 1.86 bits per heavy atom. The van der Waals surface area contributed by atoms with Crippen molar-refractivity contribution < 1.29 is 14.4 Å². The van der Waals surface area contributed by atoms with Crippen molar-refractivity contribution in [1.29, 1.82) is 5.26 Å². The van der Waals surface area contributed by atoms with Crippen molar-refractivity contribution in [2.75, 3.05) is 19.6 Å². The van der Waals surface area contributed by atoms with Gasteiger partial charge in [-0.2, -0.15) is 5.26 Å². The number of nitriles is 1. The van der Waals surface area contributed by atoms with E-state index < -0.39 is 0 Å². The lowest BCUT2D eigenvalue weighted by atomic mass is 9.81. The van der Waals surface area contributed by atoms with Gasteiger partial charge in [0.15, 0.2) is 0 Å². The molecule has 1 heterocycles. The first-order valence-electron chi connectivity index (χ1n) is 8.02. The minimum absolute atomic E-state index is 0.184. The summed E-state index contributed by atoms with van der Waals surface area (Å²) in [5.41, 5.74) is 0. The van der Waals surface area contributed by atoms with Gasteiger partial charge in [-0.3, -0.25) is 19.3 Å². The summed E-state index contributed by atoms with van der Waals surface area (Å²) in [4.78, 5) is 39.7. The van der Waals surface area contributed by atoms with Gasteiger partial charge in [0.2, 0.25) is 17.7 Å². The maximum atomic E-state index is 12.4. The number of hydrogen-bond donors (Lipinski definition) is 0. The van der Waals surface area contributed by atoms with Crippen molar-refractivity contribution in [1.82, 2.24) is 9.80 Å². The van der Waals surface area contributed by atoms with Gasteiger partial charge in [0, 0.05) is 13.1 Å². The zero-order chi connectivity index (χ0) is 16.3. The monoisotopic (exact) mass is 305 g/mol. The lowest BCUT2D eigenvalue weighted by Crippen LogP contribution is -2.44. The van der Waals surface area contributed by atoms with E-state index in [0.29, 0.717) is 13.1 Å². The summed E-state index contributed by atoms with van der Waals surface area (Å²) in [6, 6.07) is 2.10. The molecule has 6 heteroatoms. The molecular weight excluding hydrogens is 282 g/mol. The summed E-state index contributed by atoms with van der Waals surface area (Å²) in [7, 11) is 0. The third-order valence-electron chi connectivity index (χ3n) is 4.67. The van der Waals surface area contributed by atoms with Crippen LogP contribution >= 0.6 is 0 Å². The third kappa shape index (κ3) is 3.13. The molecule has 2 aliphatic rings. The van der Waals surface area contributed by atoms with Gasteiger partial charge in [-0.25, -0.2) is 0 Å². The van der Waals surface area contributed by atoms with Crippen LogP contribution in [0.3, 0.4) is 0 Å². The minimum atomic E-state index is -0.267. The molecule has 1 aliphatic carbocycles. The Bertz CT molecular complexity index is 487. The lowest BCUT2D eigenvalue weighted by molar-refractivity contribution is -0.146. The summed E-state index contributed by atoms with van der Waals surface area (Å²) in [5, 5.41) is 8.86. The number of nitrogens with zero attached hydrogens (tertiary/aromatic N) is 3. The van der Waals surface area contributed by atoms with Gasteiger partial charge in [-0.1, -0.05) is 12.8 Å². The molecule has 120 valence electrons. The highest BCUT2D eigenvalue weighted by Gasteiger charge is 2.48. The van der Waals surface area contributed by atoms with E-state index in [1.807, 2.05) is 6.92 Å². The van der Waals surface area contributed by atoms with Crippen LogP contribution in [-0.4, -0.2) is 47.2 Å². The molecule has 0 aromatic rings. The fraction of sp³-hybridized carbons (Fsp3) is 0.750. The Balaban J connectivity index is 2.03. The molecule has 0 radical (unpaired) electrons. The molecule has 0 aromatic heterocycles. The van der Waals surface area contributed by atoms with Crippen molar-refractivity contribution in [2.24, 2.45) is 17.8 Å². The summed E-state index contributed by atoms with van der Waals surface area (Å²) >= 11 is 0. The molecule has 0 aromatic carbocycles. The molecular formula is C16H23N3O3. The number of amides is 3. The molecule has 0 unspecified atom stereocenters. The van der Waals surface area contributed by atoms with Gasteiger partial charge in [0.25, 0.3) is 0 Å². The van der Waals surface area contributed by atoms with Crippen molar-refractivity contribution in [3.63, 3.8) is 0 Å². The highest BCUT2D eigenvalue weighted by atomic mass is 16.2. The van der Waals surface area contributed by atoms with E-state index in [0.717, 1.165) is 30.6 Å². The average molecular weight is 305 g/mol. The Morgan fingerprint density at radius 1 is 1.32 bits per heavy atom. The second-order valence-electron chi connectivity index (χ2n) is 6.22. The lowest BCUT2D eigenvalue weighted by Gasteiger charge is -2.24. The van der Waals surface area contributed by atoms with Crippen LogP contribution in [0, 0.1) is 29.1 Å². The Labute approximate surface area is 131 Å². The molecule has 3 atom stereocenters. The molecule has 2 fully saturated rings. The van der Waals surface area contributed by atoms with Crippen molar-refractivity contribution >= 4 is 17.7 Å². The SMILES string of the molecule is CCN(C[C@H](C)C#N)C(=O)CN1C(=O)[C@H]2CCCC[C@H]2C1=O. The van der Waals surface area contributed by atoms with Crippen LogP contribution in [0.15, 0.2) is 0 Å². The summed E-state index contributed by atoms with van der Waals surface area (Å²) < 4.78 is 0. The van der Waals surface area contributed by atoms with Crippen molar-refractivity contribution in [3.05, 3.63) is 0 Å². The Morgan fingerprint density at radius 3 is 2.32 bits per heavy atom. The minimum Gasteiger partial charge on any atom is -0.340 e. The summed E-state index contributed by atoms with van der Waals surface area (Å²) in [6.07, 6.45) is 3.46. The maximum Gasteiger partial charge on any atom is 0.242 e. The molecule has 3 amide bonds. The van der Waals surface area contributed by atoms with E-state index in [2.05, 4.69) is 6.07 Å². The number of hydrogen-bond acceptors (Lipinski definition) is 4. The van der Waals surface area contributed by atoms with Crippen LogP contribution in [-0.2, 0) is 14.4 Å². The number of rotatable bonds is 5. The van der Waals surface area contributed by atoms with E-state index >= 15 is 0 Å². The summed E-state index contributed by atoms with van der Waals surface area (Å²) in [5.74, 6) is -1.34. The zero-order valence-corrected chi connectivity index (χ0v) is 13.2. The van der Waals surface area contributed by atoms with E-state index in [9.17, 15) is 14.4 Å². The average Bonchev–Trinajstić information content (AvgIpc) is 2.77. The predicted molar refractivity (Wildman–Crippen MR) is 79.2 cm³/mol. The molecule has 0 N–H and O–H groups in total. The van der Waals surface area contributed by atoms with E-state index in [1.165, 1.54) is 4.90 Å². The van der Waals surface area contributed by atoms with E-state index in [1.54, 1.807) is 6.92 Å². The van der Waals surface area contributed by atoms with Gasteiger partial charge in [0.1, 0.15) is 6.54 Å². The first-order valence-corrected chi connectivity index (χ1v) is 8.02. The normalized spacial score (nSPS) is 25.6. The quantitative estimate of drug-likeness (QED) is 0.714. The van der Waals surface area contributed by atoms with Crippen LogP contribution in [0.5, 0.6) is 0 Å². The zero-order valence-electron chi connectivity index (χ0n) is 13.2. The van der Waals surface area contributed by atoms with Crippen LogP contribution in [0.4, 0.5) is 0 Å². The smallest absolute Gasteiger partial charge is 0.242 e. The number of imide groups is 1. The predicted octanol–water partition coefficient (Wildman–Crippen LogP) is 1.17. The standard InChI is InChI=1S/C16H23N3O3/c1-3-18(9-11(2)8-17)14(20)10-19-15(21)12-6-4-5-7-13(12)16(19)22/h11-13H,3-7,9-10H2,1-2H3/t11-,12-,13+/m1/s1. The molecule has 0 spiro atoms. The molecule has 1 saturated heterocycles. The van der Waals surface area contributed by atoms with E-state index in [-0.39, 0.29) is 42.0 Å². The fourth-order valence-corrected chi connectivity index (χ4v) is 3.40. The van der Waals surface area contributed by atoms with E-state index in [4.69, 9.17) is 5.26 Å². The van der Waals surface area contributed by atoms with Gasteiger partial charge in [-0.15, -0.1) is 0 Å². The van der Waals surface area contributed by atoms with Crippen LogP contribution < -0.4 is 0 Å². The molecule has 22 heavy (non-hydrogen) atoms. The second kappa shape index (κ2) is 6.91. The Kier molecular flexibility index (Phi) is 5.17. The largest absolute Gasteiger partial charge is 0.340 e. The maximum absolute atomic E-state index is 12.4. The topological polar surface area (TPSA) is 81.5 Å². The fourth-order valence-electron chi connectivity index (χ4n) is 3.40. The molecule has 6 nitrogen and oxygen atoms in total. The van der Waals surface area contributed by atoms with Crippen molar-refractivity contribution in [2.45, 2.75) is 39.5 Å². The summed E-state index contributed by atoms with van der Waals surface area (Å²) in [6.45, 7) is 4.19. The number of fused-ring (bicyclic) bond motifs is 1. The second-order valence-corrected chi connectivity index (χ2v) is 6.22. The highest BCUT2D eigenvalue weighted by molar-refractivity contribution is 6.07. The highest BCUT2D eigenvalue weighted by Crippen LogP contribution is 2.37. The molecule has 2 rings (SSSR count). The third-order valence-corrected chi connectivity index (χ3v) is 4.67. The molecule has 1 aliphatic heterocycles. The number of likely N-dealkylation sites (tertiary alicyclic amines) is 1. The number of likely N-dealkylation sites (N-methyl/N-ethyl adjacent to an activating group) is 1. The van der Waals surface area contributed by atoms with Gasteiger partial charge in [0.05, 0.1) is 23.8 Å². The van der Waals surface area contributed by atoms with Gasteiger partial charge >= 0.3 is 0 Å². The van der Waals surface area contributed by atoms with Crippen molar-refractivity contribution in [3.8, 4) is 6.07 Å². The first-order chi connectivity index (χ1) is 10.5. The van der Waals surface area contributed by atoms with Crippen LogP contribution in [0.1, 0.15) is 39.5 Å². The Hall–Kier alpha value is -1.90. The first kappa shape index (κ1) is 16.5. The van der Waals surface area contributed by atoms with Gasteiger partial charge in [-0.05, 0) is 26.7 Å².